The van der Waals surface area contributed by atoms with Crippen molar-refractivity contribution in [2.24, 2.45) is 0 Å². The molecule has 2 heterocycles. The number of pyridine rings is 1. The average molecular weight is 404 g/mol. The van der Waals surface area contributed by atoms with Gasteiger partial charge in [-0.05, 0) is 68.5 Å². The van der Waals surface area contributed by atoms with Crippen molar-refractivity contribution in [3.63, 3.8) is 0 Å². The van der Waals surface area contributed by atoms with Crippen LogP contribution in [0.4, 0.5) is 0 Å². The van der Waals surface area contributed by atoms with Gasteiger partial charge in [-0.15, -0.1) is 5.10 Å². The maximum atomic E-state index is 12.3. The molecule has 1 aliphatic carbocycles. The molecule has 0 radical (unpaired) electrons. The van der Waals surface area contributed by atoms with Gasteiger partial charge in [-0.25, -0.2) is 4.68 Å². The van der Waals surface area contributed by atoms with Crippen molar-refractivity contribution in [2.75, 3.05) is 6.54 Å². The van der Waals surface area contributed by atoms with E-state index < -0.39 is 0 Å². The van der Waals surface area contributed by atoms with Gasteiger partial charge in [0.15, 0.2) is 5.69 Å². The molecule has 0 saturated heterocycles. The number of rotatable bonds is 8. The Kier molecular flexibility index (Phi) is 5.83. The molecule has 0 atom stereocenters. The van der Waals surface area contributed by atoms with Gasteiger partial charge in [0.2, 0.25) is 0 Å². The fourth-order valence-corrected chi connectivity index (χ4v) is 3.19. The van der Waals surface area contributed by atoms with E-state index >= 15 is 0 Å². The van der Waals surface area contributed by atoms with E-state index in [1.54, 1.807) is 23.1 Å². The minimum atomic E-state index is -0.210. The summed E-state index contributed by atoms with van der Waals surface area (Å²) in [4.78, 5) is 28.9. The molecule has 4 rings (SSSR count). The Bertz CT molecular complexity index is 1040. The van der Waals surface area contributed by atoms with E-state index in [2.05, 4.69) is 25.9 Å². The lowest BCUT2D eigenvalue weighted by Crippen LogP contribution is -2.25. The second kappa shape index (κ2) is 8.86. The third-order valence-electron chi connectivity index (χ3n) is 4.94. The minimum absolute atomic E-state index is 0.119. The van der Waals surface area contributed by atoms with Crippen LogP contribution in [0.1, 0.15) is 51.9 Å². The molecule has 2 aromatic heterocycles. The number of carbonyl (C=O) groups excluding carboxylic acids is 2. The van der Waals surface area contributed by atoms with Crippen LogP contribution < -0.4 is 10.6 Å². The first-order valence-corrected chi connectivity index (χ1v) is 10.2. The molecular weight excluding hydrogens is 380 g/mol. The zero-order valence-corrected chi connectivity index (χ0v) is 16.8. The number of aryl methyl sites for hydroxylation is 2. The Morgan fingerprint density at radius 2 is 2.00 bits per heavy atom. The normalized spacial score (nSPS) is 13.1. The van der Waals surface area contributed by atoms with Crippen molar-refractivity contribution in [1.82, 2.24) is 30.6 Å². The van der Waals surface area contributed by atoms with E-state index in [0.717, 1.165) is 36.2 Å². The van der Waals surface area contributed by atoms with Gasteiger partial charge in [-0.1, -0.05) is 11.3 Å². The first kappa shape index (κ1) is 19.8. The van der Waals surface area contributed by atoms with E-state index in [1.165, 1.54) is 0 Å². The lowest BCUT2D eigenvalue weighted by molar-refractivity contribution is 0.0941. The van der Waals surface area contributed by atoms with E-state index in [0.29, 0.717) is 18.5 Å². The first-order chi connectivity index (χ1) is 14.6. The minimum Gasteiger partial charge on any atom is -0.352 e. The molecule has 1 aliphatic rings. The highest BCUT2D eigenvalue weighted by Crippen LogP contribution is 2.21. The first-order valence-electron chi connectivity index (χ1n) is 10.2. The fourth-order valence-electron chi connectivity index (χ4n) is 3.19. The van der Waals surface area contributed by atoms with E-state index in [4.69, 9.17) is 0 Å². The van der Waals surface area contributed by atoms with Gasteiger partial charge in [-0.2, -0.15) is 0 Å². The zero-order chi connectivity index (χ0) is 20.9. The predicted molar refractivity (Wildman–Crippen MR) is 111 cm³/mol. The number of hydrogen-bond donors (Lipinski definition) is 2. The van der Waals surface area contributed by atoms with E-state index in [1.807, 2.05) is 37.3 Å². The van der Waals surface area contributed by atoms with Crippen molar-refractivity contribution in [2.45, 2.75) is 38.6 Å². The number of amides is 2. The molecule has 1 saturated carbocycles. The molecule has 0 unspecified atom stereocenters. The van der Waals surface area contributed by atoms with Crippen LogP contribution in [0.15, 0.2) is 48.8 Å². The summed E-state index contributed by atoms with van der Waals surface area (Å²) in [5.41, 5.74) is 3.56. The van der Waals surface area contributed by atoms with Crippen molar-refractivity contribution in [3.05, 3.63) is 71.3 Å². The Balaban J connectivity index is 1.61. The summed E-state index contributed by atoms with van der Waals surface area (Å²) in [7, 11) is 0. The van der Waals surface area contributed by atoms with Crippen LogP contribution >= 0.6 is 0 Å². The third kappa shape index (κ3) is 4.71. The van der Waals surface area contributed by atoms with Crippen molar-refractivity contribution in [3.8, 4) is 5.69 Å². The number of carbonyl (C=O) groups is 2. The van der Waals surface area contributed by atoms with Gasteiger partial charge < -0.3 is 10.6 Å². The summed E-state index contributed by atoms with van der Waals surface area (Å²) in [6, 6.07) is 11.5. The second-order valence-electron chi connectivity index (χ2n) is 7.32. The van der Waals surface area contributed by atoms with Crippen LogP contribution in [0.2, 0.25) is 0 Å². The van der Waals surface area contributed by atoms with Crippen LogP contribution in [-0.4, -0.2) is 44.4 Å². The van der Waals surface area contributed by atoms with Crippen LogP contribution in [-0.2, 0) is 12.8 Å². The van der Waals surface area contributed by atoms with Gasteiger partial charge in [-0.3, -0.25) is 14.6 Å². The number of aromatic nitrogens is 4. The van der Waals surface area contributed by atoms with Crippen molar-refractivity contribution >= 4 is 11.8 Å². The molecule has 2 N–H and O–H groups in total. The molecule has 0 bridgehead atoms. The third-order valence-corrected chi connectivity index (χ3v) is 4.94. The molecule has 154 valence electrons. The molecule has 30 heavy (non-hydrogen) atoms. The maximum Gasteiger partial charge on any atom is 0.273 e. The highest BCUT2D eigenvalue weighted by Gasteiger charge is 2.25. The maximum absolute atomic E-state index is 12.3. The molecule has 0 spiro atoms. The summed E-state index contributed by atoms with van der Waals surface area (Å²) in [5.74, 6) is -0.330. The SMILES string of the molecule is CCNC(=O)c1ccc(-n2cc(C(=O)NC3CC3)nn2)c(CCc2ccccn2)c1. The lowest BCUT2D eigenvalue weighted by atomic mass is 10.0. The highest BCUT2D eigenvalue weighted by atomic mass is 16.2. The van der Waals surface area contributed by atoms with Gasteiger partial charge in [0.25, 0.3) is 11.8 Å². The Hall–Kier alpha value is -3.55. The molecule has 8 heteroatoms. The quantitative estimate of drug-likeness (QED) is 0.599. The molecule has 2 amide bonds. The van der Waals surface area contributed by atoms with Gasteiger partial charge in [0.1, 0.15) is 0 Å². The van der Waals surface area contributed by atoms with Crippen LogP contribution in [0.25, 0.3) is 5.69 Å². The predicted octanol–water partition coefficient (Wildman–Crippen LogP) is 2.09. The zero-order valence-electron chi connectivity index (χ0n) is 16.8. The van der Waals surface area contributed by atoms with Crippen molar-refractivity contribution < 1.29 is 9.59 Å². The standard InChI is InChI=1S/C22H24N6O2/c1-2-23-21(29)16-7-11-20(15(13-16)6-8-17-5-3-4-12-24-17)28-14-19(26-27-28)22(30)25-18-9-10-18/h3-5,7,11-14,18H,2,6,8-10H2,1H3,(H,23,29)(H,25,30). The number of benzene rings is 1. The smallest absolute Gasteiger partial charge is 0.273 e. The van der Waals surface area contributed by atoms with Crippen LogP contribution in [0.5, 0.6) is 0 Å². The molecule has 1 aromatic carbocycles. The average Bonchev–Trinajstić information content (AvgIpc) is 3.44. The van der Waals surface area contributed by atoms with Gasteiger partial charge >= 0.3 is 0 Å². The Labute approximate surface area is 174 Å². The second-order valence-corrected chi connectivity index (χ2v) is 7.32. The number of nitrogens with one attached hydrogen (secondary N) is 2. The lowest BCUT2D eigenvalue weighted by Gasteiger charge is -2.11. The number of hydrogen-bond acceptors (Lipinski definition) is 5. The molecular formula is C22H24N6O2. The summed E-state index contributed by atoms with van der Waals surface area (Å²) in [6.07, 6.45) is 6.81. The fraction of sp³-hybridized carbons (Fsp3) is 0.318. The summed E-state index contributed by atoms with van der Waals surface area (Å²) in [5, 5.41) is 13.9. The topological polar surface area (TPSA) is 102 Å². The Morgan fingerprint density at radius 3 is 2.73 bits per heavy atom. The van der Waals surface area contributed by atoms with Crippen molar-refractivity contribution in [1.29, 1.82) is 0 Å². The van der Waals surface area contributed by atoms with Crippen LogP contribution in [0, 0.1) is 0 Å². The monoisotopic (exact) mass is 404 g/mol. The summed E-state index contributed by atoms with van der Waals surface area (Å²) in [6.45, 7) is 2.45. The molecule has 8 nitrogen and oxygen atoms in total. The summed E-state index contributed by atoms with van der Waals surface area (Å²) >= 11 is 0. The summed E-state index contributed by atoms with van der Waals surface area (Å²) < 4.78 is 1.59. The van der Waals surface area contributed by atoms with E-state index in [9.17, 15) is 9.59 Å². The highest BCUT2D eigenvalue weighted by molar-refractivity contribution is 5.94. The molecule has 1 fully saturated rings. The van der Waals surface area contributed by atoms with Crippen LogP contribution in [0.3, 0.4) is 0 Å². The Morgan fingerprint density at radius 1 is 1.13 bits per heavy atom. The van der Waals surface area contributed by atoms with Gasteiger partial charge in [0, 0.05) is 30.0 Å². The molecule has 0 aliphatic heterocycles. The van der Waals surface area contributed by atoms with E-state index in [-0.39, 0.29) is 23.6 Å². The molecule has 3 aromatic rings. The van der Waals surface area contributed by atoms with Gasteiger partial charge in [0.05, 0.1) is 11.9 Å². The number of nitrogens with zero attached hydrogens (tertiary/aromatic N) is 4. The largest absolute Gasteiger partial charge is 0.352 e.